The molecule has 0 aliphatic rings. The Hall–Kier alpha value is -2.43. The molecule has 0 bridgehead atoms. The van der Waals surface area contributed by atoms with Gasteiger partial charge in [0.1, 0.15) is 11.6 Å². The zero-order chi connectivity index (χ0) is 15.6. The summed E-state index contributed by atoms with van der Waals surface area (Å²) in [6.07, 6.45) is 0. The summed E-state index contributed by atoms with van der Waals surface area (Å²) in [6.45, 7) is 3.77. The van der Waals surface area contributed by atoms with Crippen LogP contribution in [-0.4, -0.2) is 11.1 Å². The van der Waals surface area contributed by atoms with Crippen molar-refractivity contribution in [3.8, 4) is 0 Å². The van der Waals surface area contributed by atoms with Crippen molar-refractivity contribution in [2.24, 2.45) is 0 Å². The second-order valence-electron chi connectivity index (χ2n) is 4.90. The number of halogens is 2. The van der Waals surface area contributed by atoms with E-state index in [1.54, 1.807) is 26.0 Å². The van der Waals surface area contributed by atoms with E-state index < -0.39 is 11.8 Å². The molecule has 2 aromatic carbocycles. The summed E-state index contributed by atoms with van der Waals surface area (Å²) in [4.78, 5) is 10.7. The van der Waals surface area contributed by atoms with Gasteiger partial charge >= 0.3 is 5.97 Å². The molecule has 0 aliphatic heterocycles. The number of nitrogens with one attached hydrogen (secondary N) is 1. The van der Waals surface area contributed by atoms with E-state index in [9.17, 15) is 13.6 Å². The molecule has 0 aliphatic carbocycles. The minimum atomic E-state index is -1.30. The molecule has 2 N–H and O–H groups in total. The lowest BCUT2D eigenvalue weighted by atomic mass is 10.1. The van der Waals surface area contributed by atoms with Gasteiger partial charge in [0.05, 0.1) is 5.56 Å². The normalized spacial score (nSPS) is 10.5. The second kappa shape index (κ2) is 5.91. The van der Waals surface area contributed by atoms with E-state index in [0.29, 0.717) is 23.4 Å². The number of aryl methyl sites for hydroxylation is 2. The average molecular weight is 291 g/mol. The summed E-state index contributed by atoms with van der Waals surface area (Å²) >= 11 is 0. The maximum atomic E-state index is 13.5. The number of hydrogen-bond donors (Lipinski definition) is 2. The van der Waals surface area contributed by atoms with E-state index >= 15 is 0 Å². The molecule has 110 valence electrons. The maximum absolute atomic E-state index is 13.5. The second-order valence-corrected chi connectivity index (χ2v) is 4.90. The van der Waals surface area contributed by atoms with Crippen molar-refractivity contribution in [3.63, 3.8) is 0 Å². The molecule has 5 heteroatoms. The van der Waals surface area contributed by atoms with Crippen LogP contribution in [0.15, 0.2) is 30.3 Å². The SMILES string of the molecule is Cc1cc(CNc2ccc(C(=O)O)c(F)c2)cc(C)c1F. The highest BCUT2D eigenvalue weighted by Gasteiger charge is 2.10. The van der Waals surface area contributed by atoms with Crippen LogP contribution < -0.4 is 5.32 Å². The number of anilines is 1. The van der Waals surface area contributed by atoms with Crippen LogP contribution in [0.3, 0.4) is 0 Å². The minimum absolute atomic E-state index is 0.226. The molecule has 0 fully saturated rings. The van der Waals surface area contributed by atoms with Crippen molar-refractivity contribution in [3.05, 3.63) is 64.2 Å². The number of rotatable bonds is 4. The average Bonchev–Trinajstić information content (AvgIpc) is 2.42. The zero-order valence-electron chi connectivity index (χ0n) is 11.7. The fraction of sp³-hybridized carbons (Fsp3) is 0.188. The number of carboxylic acids is 1. The third-order valence-electron chi connectivity index (χ3n) is 3.19. The Morgan fingerprint density at radius 3 is 2.29 bits per heavy atom. The molecule has 0 unspecified atom stereocenters. The van der Waals surface area contributed by atoms with Gasteiger partial charge in [0.15, 0.2) is 0 Å². The first-order valence-corrected chi connectivity index (χ1v) is 6.41. The van der Waals surface area contributed by atoms with Crippen molar-refractivity contribution in [2.75, 3.05) is 5.32 Å². The highest BCUT2D eigenvalue weighted by Crippen LogP contribution is 2.18. The van der Waals surface area contributed by atoms with Crippen LogP contribution in [0.1, 0.15) is 27.0 Å². The molecular formula is C16H15F2NO2. The van der Waals surface area contributed by atoms with Crippen LogP contribution in [0.4, 0.5) is 14.5 Å². The van der Waals surface area contributed by atoms with Gasteiger partial charge < -0.3 is 10.4 Å². The quantitative estimate of drug-likeness (QED) is 0.898. The Bertz CT molecular complexity index is 676. The van der Waals surface area contributed by atoms with Crippen LogP contribution in [0.2, 0.25) is 0 Å². The van der Waals surface area contributed by atoms with Crippen molar-refractivity contribution in [2.45, 2.75) is 20.4 Å². The molecule has 0 heterocycles. The lowest BCUT2D eigenvalue weighted by Crippen LogP contribution is -2.04. The summed E-state index contributed by atoms with van der Waals surface area (Å²) in [6, 6.07) is 7.28. The lowest BCUT2D eigenvalue weighted by Gasteiger charge is -2.10. The first-order valence-electron chi connectivity index (χ1n) is 6.41. The number of carbonyl (C=O) groups is 1. The summed E-state index contributed by atoms with van der Waals surface area (Å²) in [7, 11) is 0. The monoisotopic (exact) mass is 291 g/mol. The number of carboxylic acid groups (broad SMARTS) is 1. The van der Waals surface area contributed by atoms with Crippen molar-refractivity contribution in [1.82, 2.24) is 0 Å². The van der Waals surface area contributed by atoms with Gasteiger partial charge in [0, 0.05) is 12.2 Å². The molecule has 0 radical (unpaired) electrons. The van der Waals surface area contributed by atoms with Crippen LogP contribution in [0.5, 0.6) is 0 Å². The van der Waals surface area contributed by atoms with Crippen LogP contribution in [0.25, 0.3) is 0 Å². The van der Waals surface area contributed by atoms with Crippen LogP contribution in [0, 0.1) is 25.5 Å². The first kappa shape index (κ1) is 15.0. The molecule has 2 rings (SSSR count). The molecule has 2 aromatic rings. The molecule has 0 aromatic heterocycles. The third-order valence-corrected chi connectivity index (χ3v) is 3.19. The van der Waals surface area contributed by atoms with E-state index in [-0.39, 0.29) is 11.4 Å². The van der Waals surface area contributed by atoms with Crippen molar-refractivity contribution in [1.29, 1.82) is 0 Å². The molecular weight excluding hydrogens is 276 g/mol. The third kappa shape index (κ3) is 3.37. The van der Waals surface area contributed by atoms with Gasteiger partial charge in [-0.25, -0.2) is 13.6 Å². The van der Waals surface area contributed by atoms with Gasteiger partial charge in [0.25, 0.3) is 0 Å². The lowest BCUT2D eigenvalue weighted by molar-refractivity contribution is 0.0692. The van der Waals surface area contributed by atoms with E-state index in [1.807, 2.05) is 0 Å². The minimum Gasteiger partial charge on any atom is -0.478 e. The fourth-order valence-electron chi connectivity index (χ4n) is 2.14. The van der Waals surface area contributed by atoms with E-state index in [4.69, 9.17) is 5.11 Å². The van der Waals surface area contributed by atoms with Crippen molar-refractivity contribution >= 4 is 11.7 Å². The van der Waals surface area contributed by atoms with Crippen LogP contribution >= 0.6 is 0 Å². The first-order chi connectivity index (χ1) is 9.88. The predicted molar refractivity (Wildman–Crippen MR) is 76.6 cm³/mol. The highest BCUT2D eigenvalue weighted by atomic mass is 19.1. The van der Waals surface area contributed by atoms with Gasteiger partial charge in [-0.15, -0.1) is 0 Å². The molecule has 0 saturated heterocycles. The molecule has 0 amide bonds. The fourth-order valence-corrected chi connectivity index (χ4v) is 2.14. The number of aromatic carboxylic acids is 1. The molecule has 0 spiro atoms. The molecule has 0 saturated carbocycles. The van der Waals surface area contributed by atoms with E-state index in [2.05, 4.69) is 5.32 Å². The van der Waals surface area contributed by atoms with Crippen LogP contribution in [-0.2, 0) is 6.54 Å². The summed E-state index contributed by atoms with van der Waals surface area (Å²) < 4.78 is 27.1. The number of benzene rings is 2. The summed E-state index contributed by atoms with van der Waals surface area (Å²) in [5, 5.41) is 11.7. The van der Waals surface area contributed by atoms with Gasteiger partial charge in [-0.2, -0.15) is 0 Å². The summed E-state index contributed by atoms with van der Waals surface area (Å²) in [5.74, 6) is -2.32. The topological polar surface area (TPSA) is 49.3 Å². The van der Waals surface area contributed by atoms with E-state index in [0.717, 1.165) is 11.6 Å². The zero-order valence-corrected chi connectivity index (χ0v) is 11.7. The largest absolute Gasteiger partial charge is 0.478 e. The number of hydrogen-bond acceptors (Lipinski definition) is 2. The van der Waals surface area contributed by atoms with Gasteiger partial charge in [0.2, 0.25) is 0 Å². The smallest absolute Gasteiger partial charge is 0.338 e. The predicted octanol–water partition coefficient (Wildman–Crippen LogP) is 3.89. The Labute approximate surface area is 121 Å². The molecule has 3 nitrogen and oxygen atoms in total. The summed E-state index contributed by atoms with van der Waals surface area (Å²) in [5.41, 5.74) is 2.08. The van der Waals surface area contributed by atoms with E-state index in [1.165, 1.54) is 12.1 Å². The Kier molecular flexibility index (Phi) is 4.21. The standard InChI is InChI=1S/C16H15F2NO2/c1-9-5-11(6-10(2)15(9)18)8-19-12-3-4-13(16(20)21)14(17)7-12/h3-7,19H,8H2,1-2H3,(H,20,21). The molecule has 21 heavy (non-hydrogen) atoms. The van der Waals surface area contributed by atoms with Crippen molar-refractivity contribution < 1.29 is 18.7 Å². The highest BCUT2D eigenvalue weighted by molar-refractivity contribution is 5.88. The van der Waals surface area contributed by atoms with Gasteiger partial charge in [-0.1, -0.05) is 12.1 Å². The Morgan fingerprint density at radius 1 is 1.14 bits per heavy atom. The Morgan fingerprint density at radius 2 is 1.76 bits per heavy atom. The Balaban J connectivity index is 2.13. The van der Waals surface area contributed by atoms with Gasteiger partial charge in [-0.05, 0) is 48.7 Å². The molecule has 0 atom stereocenters. The maximum Gasteiger partial charge on any atom is 0.338 e. The van der Waals surface area contributed by atoms with Gasteiger partial charge in [-0.3, -0.25) is 0 Å².